The van der Waals surface area contributed by atoms with Gasteiger partial charge in [-0.2, -0.15) is 14.4 Å². The highest BCUT2D eigenvalue weighted by atomic mass is 35.5. The van der Waals surface area contributed by atoms with Gasteiger partial charge in [0.05, 0.1) is 25.3 Å². The topological polar surface area (TPSA) is 129 Å². The number of hydroxylamine groups is 2. The van der Waals surface area contributed by atoms with Gasteiger partial charge in [-0.05, 0) is 36.4 Å². The SMILES string of the molecule is O=CN(O)C[C@@H](CC1CCCC1)C(=O)NNc1nc(Cl)nc(NCCC2C=COC2)c1F. The van der Waals surface area contributed by atoms with Crippen LogP contribution in [-0.2, 0) is 14.3 Å². The Morgan fingerprint density at radius 3 is 2.81 bits per heavy atom. The van der Waals surface area contributed by atoms with Crippen molar-refractivity contribution in [2.24, 2.45) is 17.8 Å². The van der Waals surface area contributed by atoms with Gasteiger partial charge in [0.1, 0.15) is 0 Å². The summed E-state index contributed by atoms with van der Waals surface area (Å²) in [6.07, 6.45) is 9.24. The number of nitrogens with one attached hydrogen (secondary N) is 3. The standard InChI is InChI=1S/C20H28ClFN6O4/c21-20-24-17(23-7-5-14-6-8-32-11-14)16(22)18(25-20)26-27-19(30)15(10-28(31)12-29)9-13-3-1-2-4-13/h6,8,12-15,31H,1-5,7,9-11H2,(H,27,30)(H2,23,24,25,26)/t14?,15-/m1/s1. The van der Waals surface area contributed by atoms with E-state index in [2.05, 4.69) is 26.1 Å². The Hall–Kier alpha value is -2.66. The Morgan fingerprint density at radius 1 is 1.38 bits per heavy atom. The average molecular weight is 471 g/mol. The minimum absolute atomic E-state index is 0.0883. The largest absolute Gasteiger partial charge is 0.501 e. The fourth-order valence-corrected chi connectivity index (χ4v) is 4.15. The normalized spacial score (nSPS) is 18.8. The highest BCUT2D eigenvalue weighted by Crippen LogP contribution is 2.30. The molecule has 2 aliphatic rings. The quantitative estimate of drug-likeness (QED) is 0.159. The van der Waals surface area contributed by atoms with Gasteiger partial charge in [-0.15, -0.1) is 0 Å². The molecule has 2 heterocycles. The van der Waals surface area contributed by atoms with E-state index < -0.39 is 17.6 Å². The summed E-state index contributed by atoms with van der Waals surface area (Å²) in [7, 11) is 0. The van der Waals surface area contributed by atoms with Crippen molar-refractivity contribution in [2.45, 2.75) is 38.5 Å². The summed E-state index contributed by atoms with van der Waals surface area (Å²) in [5, 5.41) is 12.7. The zero-order chi connectivity index (χ0) is 22.9. The fourth-order valence-electron chi connectivity index (χ4n) is 3.98. The van der Waals surface area contributed by atoms with Gasteiger partial charge in [0.15, 0.2) is 11.6 Å². The second kappa shape index (κ2) is 11.8. The predicted molar refractivity (Wildman–Crippen MR) is 115 cm³/mol. The summed E-state index contributed by atoms with van der Waals surface area (Å²) >= 11 is 5.92. The molecule has 10 nitrogen and oxygen atoms in total. The second-order valence-electron chi connectivity index (χ2n) is 8.07. The molecule has 0 bridgehead atoms. The average Bonchev–Trinajstić information content (AvgIpc) is 3.48. The maximum Gasteiger partial charge on any atom is 0.243 e. The molecule has 2 atom stereocenters. The number of amides is 2. The monoisotopic (exact) mass is 470 g/mol. The number of rotatable bonds is 12. The Labute approximate surface area is 190 Å². The smallest absolute Gasteiger partial charge is 0.243 e. The maximum atomic E-state index is 14.8. The Bertz CT molecular complexity index is 824. The van der Waals surface area contributed by atoms with E-state index in [1.807, 2.05) is 6.08 Å². The van der Waals surface area contributed by atoms with Crippen LogP contribution in [0.3, 0.4) is 0 Å². The van der Waals surface area contributed by atoms with E-state index in [0.717, 1.165) is 25.7 Å². The molecular weight excluding hydrogens is 443 g/mol. The van der Waals surface area contributed by atoms with Crippen LogP contribution in [0.4, 0.5) is 16.0 Å². The van der Waals surface area contributed by atoms with Gasteiger partial charge in [0, 0.05) is 12.5 Å². The minimum atomic E-state index is -0.795. The van der Waals surface area contributed by atoms with Crippen LogP contribution >= 0.6 is 11.6 Å². The van der Waals surface area contributed by atoms with Crippen molar-refractivity contribution in [3.05, 3.63) is 23.4 Å². The van der Waals surface area contributed by atoms with Crippen molar-refractivity contribution in [3.63, 3.8) is 0 Å². The lowest BCUT2D eigenvalue weighted by atomic mass is 9.92. The first-order chi connectivity index (χ1) is 15.5. The van der Waals surface area contributed by atoms with Gasteiger partial charge < -0.3 is 10.1 Å². The molecule has 0 aromatic carbocycles. The highest BCUT2D eigenvalue weighted by Gasteiger charge is 2.27. The molecule has 3 rings (SSSR count). The van der Waals surface area contributed by atoms with Crippen LogP contribution in [0.2, 0.25) is 5.28 Å². The lowest BCUT2D eigenvalue weighted by Crippen LogP contribution is -2.41. The fraction of sp³-hybridized carbons (Fsp3) is 0.600. The van der Waals surface area contributed by atoms with Gasteiger partial charge in [-0.1, -0.05) is 25.7 Å². The van der Waals surface area contributed by atoms with Gasteiger partial charge in [-0.3, -0.25) is 25.6 Å². The predicted octanol–water partition coefficient (Wildman–Crippen LogP) is 2.72. The van der Waals surface area contributed by atoms with Gasteiger partial charge >= 0.3 is 0 Å². The molecule has 0 radical (unpaired) electrons. The third kappa shape index (κ3) is 6.92. The molecule has 4 N–H and O–H groups in total. The molecule has 1 aliphatic carbocycles. The van der Waals surface area contributed by atoms with Crippen molar-refractivity contribution in [1.82, 2.24) is 20.5 Å². The molecule has 1 aromatic heterocycles. The maximum absolute atomic E-state index is 14.8. The molecule has 1 aromatic rings. The van der Waals surface area contributed by atoms with Gasteiger partial charge in [0.2, 0.25) is 23.4 Å². The summed E-state index contributed by atoms with van der Waals surface area (Å²) in [5.74, 6) is -1.75. The van der Waals surface area contributed by atoms with E-state index in [1.165, 1.54) is 0 Å². The van der Waals surface area contributed by atoms with Crippen LogP contribution in [0, 0.1) is 23.6 Å². The van der Waals surface area contributed by atoms with Crippen LogP contribution in [0.15, 0.2) is 12.3 Å². The van der Waals surface area contributed by atoms with Crippen LogP contribution in [0.1, 0.15) is 38.5 Å². The highest BCUT2D eigenvalue weighted by molar-refractivity contribution is 6.28. The van der Waals surface area contributed by atoms with Crippen molar-refractivity contribution in [3.8, 4) is 0 Å². The number of anilines is 2. The zero-order valence-corrected chi connectivity index (χ0v) is 18.4. The molecule has 12 heteroatoms. The van der Waals surface area contributed by atoms with Gasteiger partial charge in [0.25, 0.3) is 0 Å². The number of halogens is 2. The summed E-state index contributed by atoms with van der Waals surface area (Å²) in [6.45, 7) is 0.869. The molecule has 1 aliphatic heterocycles. The molecule has 0 spiro atoms. The van der Waals surface area contributed by atoms with Crippen molar-refractivity contribution >= 4 is 35.6 Å². The molecule has 2 amide bonds. The van der Waals surface area contributed by atoms with E-state index >= 15 is 0 Å². The number of carbonyl (C=O) groups is 2. The number of hydrogen-bond acceptors (Lipinski definition) is 8. The minimum Gasteiger partial charge on any atom is -0.501 e. The van der Waals surface area contributed by atoms with Crippen LogP contribution in [0.25, 0.3) is 0 Å². The molecule has 1 saturated carbocycles. The number of hydrazine groups is 1. The summed E-state index contributed by atoms with van der Waals surface area (Å²) in [4.78, 5) is 31.2. The Kier molecular flexibility index (Phi) is 8.86. The molecule has 176 valence electrons. The molecule has 0 saturated heterocycles. The molecule has 32 heavy (non-hydrogen) atoms. The van der Waals surface area contributed by atoms with Crippen molar-refractivity contribution in [2.75, 3.05) is 30.4 Å². The van der Waals surface area contributed by atoms with E-state index in [9.17, 15) is 19.2 Å². The number of nitrogens with zero attached hydrogens (tertiary/aromatic N) is 3. The number of carbonyl (C=O) groups excluding carboxylic acids is 2. The van der Waals surface area contributed by atoms with Crippen molar-refractivity contribution in [1.29, 1.82) is 0 Å². The Morgan fingerprint density at radius 2 is 2.12 bits per heavy atom. The van der Waals surface area contributed by atoms with Crippen LogP contribution in [0.5, 0.6) is 0 Å². The second-order valence-corrected chi connectivity index (χ2v) is 8.40. The number of aromatic nitrogens is 2. The zero-order valence-electron chi connectivity index (χ0n) is 17.6. The van der Waals surface area contributed by atoms with E-state index in [4.69, 9.17) is 16.3 Å². The Balaban J connectivity index is 1.58. The molecular formula is C20H28ClFN6O4. The molecule has 1 fully saturated rings. The number of hydrogen-bond donors (Lipinski definition) is 4. The number of ether oxygens (including phenoxy) is 1. The first kappa shape index (κ1) is 24.0. The van der Waals surface area contributed by atoms with E-state index in [1.54, 1.807) is 6.26 Å². The van der Waals surface area contributed by atoms with Crippen LogP contribution in [-0.4, -0.2) is 52.3 Å². The van der Waals surface area contributed by atoms with Gasteiger partial charge in [-0.25, -0.2) is 5.06 Å². The molecule has 1 unspecified atom stereocenters. The van der Waals surface area contributed by atoms with Crippen molar-refractivity contribution < 1.29 is 23.9 Å². The lowest BCUT2D eigenvalue weighted by molar-refractivity contribution is -0.154. The summed E-state index contributed by atoms with van der Waals surface area (Å²) < 4.78 is 20.0. The third-order valence-electron chi connectivity index (χ3n) is 5.69. The first-order valence-corrected chi connectivity index (χ1v) is 11.1. The van der Waals surface area contributed by atoms with E-state index in [0.29, 0.717) is 37.0 Å². The van der Waals surface area contributed by atoms with E-state index in [-0.39, 0.29) is 35.8 Å². The van der Waals surface area contributed by atoms with Crippen LogP contribution < -0.4 is 16.2 Å². The lowest BCUT2D eigenvalue weighted by Gasteiger charge is -2.22. The summed E-state index contributed by atoms with van der Waals surface area (Å²) in [6, 6.07) is 0. The summed E-state index contributed by atoms with van der Waals surface area (Å²) in [5.41, 5.74) is 4.87. The third-order valence-corrected chi connectivity index (χ3v) is 5.85. The first-order valence-electron chi connectivity index (χ1n) is 10.7.